The topological polar surface area (TPSA) is 69.5 Å². The average molecular weight is 288 g/mol. The molecular formula is C14H16N4O3. The summed E-state index contributed by atoms with van der Waals surface area (Å²) in [5.74, 6) is 1.28. The third-order valence-corrected chi connectivity index (χ3v) is 3.32. The number of amides is 1. The van der Waals surface area contributed by atoms with Gasteiger partial charge in [-0.1, -0.05) is 0 Å². The first-order valence-corrected chi connectivity index (χ1v) is 6.71. The summed E-state index contributed by atoms with van der Waals surface area (Å²) in [6, 6.07) is 7.21. The van der Waals surface area contributed by atoms with Crippen molar-refractivity contribution in [1.29, 1.82) is 0 Å². The second-order valence-electron chi connectivity index (χ2n) is 4.62. The molecule has 0 bridgehead atoms. The molecule has 1 aliphatic rings. The van der Waals surface area contributed by atoms with E-state index >= 15 is 0 Å². The highest BCUT2D eigenvalue weighted by Gasteiger charge is 2.19. The summed E-state index contributed by atoms with van der Waals surface area (Å²) in [5, 5.41) is 4.24. The maximum Gasteiger partial charge on any atom is 0.346 e. The fourth-order valence-electron chi connectivity index (χ4n) is 2.13. The average Bonchev–Trinajstić information content (AvgIpc) is 3.05. The third-order valence-electron chi connectivity index (χ3n) is 3.32. The van der Waals surface area contributed by atoms with Crippen LogP contribution in [0.3, 0.4) is 0 Å². The molecule has 1 fully saturated rings. The lowest BCUT2D eigenvalue weighted by Gasteiger charge is -2.25. The Morgan fingerprint density at radius 2 is 1.95 bits per heavy atom. The highest BCUT2D eigenvalue weighted by Crippen LogP contribution is 2.18. The fraction of sp³-hybridized carbons (Fsp3) is 0.357. The smallest absolute Gasteiger partial charge is 0.346 e. The Hall–Kier alpha value is -2.41. The Balaban J connectivity index is 1.77. The summed E-state index contributed by atoms with van der Waals surface area (Å²) >= 11 is 0. The van der Waals surface area contributed by atoms with E-state index < -0.39 is 0 Å². The molecule has 0 radical (unpaired) electrons. The summed E-state index contributed by atoms with van der Waals surface area (Å²) in [6.45, 7) is 2.28. The van der Waals surface area contributed by atoms with E-state index in [1.807, 2.05) is 24.3 Å². The van der Waals surface area contributed by atoms with Crippen molar-refractivity contribution < 1.29 is 14.3 Å². The minimum Gasteiger partial charge on any atom is -0.497 e. The predicted octanol–water partition coefficient (Wildman–Crippen LogP) is 1.25. The van der Waals surface area contributed by atoms with Crippen molar-refractivity contribution in [2.45, 2.75) is 0 Å². The van der Waals surface area contributed by atoms with Gasteiger partial charge in [0, 0.05) is 18.7 Å². The lowest BCUT2D eigenvalue weighted by atomic mass is 10.2. The molecule has 2 heterocycles. The molecule has 0 aliphatic carbocycles. The number of ether oxygens (including phenoxy) is 2. The van der Waals surface area contributed by atoms with Gasteiger partial charge in [-0.25, -0.2) is 9.78 Å². The number of aromatic nitrogens is 3. The molecule has 1 aliphatic heterocycles. The second-order valence-corrected chi connectivity index (χ2v) is 4.62. The van der Waals surface area contributed by atoms with Gasteiger partial charge in [0.05, 0.1) is 20.3 Å². The van der Waals surface area contributed by atoms with Crippen LogP contribution in [0.1, 0.15) is 0 Å². The minimum atomic E-state index is -0.175. The first kappa shape index (κ1) is 13.6. The Morgan fingerprint density at radius 1 is 1.24 bits per heavy atom. The molecule has 0 saturated carbocycles. The van der Waals surface area contributed by atoms with Gasteiger partial charge in [-0.15, -0.1) is 5.10 Å². The number of morpholine rings is 1. The zero-order chi connectivity index (χ0) is 14.7. The highest BCUT2D eigenvalue weighted by atomic mass is 16.5. The predicted molar refractivity (Wildman–Crippen MR) is 75.2 cm³/mol. The summed E-state index contributed by atoms with van der Waals surface area (Å²) in [5.41, 5.74) is 0.837. The summed E-state index contributed by atoms with van der Waals surface area (Å²) < 4.78 is 11.6. The van der Waals surface area contributed by atoms with Crippen LogP contribution in [0, 0.1) is 0 Å². The quantitative estimate of drug-likeness (QED) is 0.832. The van der Waals surface area contributed by atoms with Crippen molar-refractivity contribution >= 4 is 6.03 Å². The summed E-state index contributed by atoms with van der Waals surface area (Å²) in [7, 11) is 1.61. The van der Waals surface area contributed by atoms with Crippen molar-refractivity contribution in [3.63, 3.8) is 0 Å². The van der Waals surface area contributed by atoms with E-state index in [9.17, 15) is 4.79 Å². The van der Waals surface area contributed by atoms with E-state index in [4.69, 9.17) is 9.47 Å². The van der Waals surface area contributed by atoms with E-state index in [1.54, 1.807) is 12.0 Å². The molecule has 110 valence electrons. The zero-order valence-electron chi connectivity index (χ0n) is 11.7. The van der Waals surface area contributed by atoms with Crippen molar-refractivity contribution in [3.8, 4) is 17.1 Å². The normalized spacial score (nSPS) is 15.0. The molecule has 7 nitrogen and oxygen atoms in total. The van der Waals surface area contributed by atoms with E-state index in [-0.39, 0.29) is 6.03 Å². The van der Waals surface area contributed by atoms with Gasteiger partial charge < -0.3 is 14.4 Å². The van der Waals surface area contributed by atoms with Gasteiger partial charge in [0.1, 0.15) is 12.1 Å². The molecule has 0 unspecified atom stereocenters. The van der Waals surface area contributed by atoms with Gasteiger partial charge in [0.25, 0.3) is 0 Å². The first-order valence-electron chi connectivity index (χ1n) is 6.71. The lowest BCUT2D eigenvalue weighted by molar-refractivity contribution is 0.0528. The Kier molecular flexibility index (Phi) is 3.83. The van der Waals surface area contributed by atoms with Crippen LogP contribution in [0.4, 0.5) is 4.79 Å². The SMILES string of the molecule is COc1ccc(-c2ncn(C(=O)N3CCOCC3)n2)cc1. The highest BCUT2D eigenvalue weighted by molar-refractivity contribution is 5.76. The van der Waals surface area contributed by atoms with Gasteiger partial charge in [-0.2, -0.15) is 4.68 Å². The third kappa shape index (κ3) is 2.87. The minimum absolute atomic E-state index is 0.175. The van der Waals surface area contributed by atoms with E-state index in [0.717, 1.165) is 11.3 Å². The second kappa shape index (κ2) is 5.92. The van der Waals surface area contributed by atoms with Crippen molar-refractivity contribution in [2.24, 2.45) is 0 Å². The summed E-state index contributed by atoms with van der Waals surface area (Å²) in [6.07, 6.45) is 1.44. The van der Waals surface area contributed by atoms with E-state index in [1.165, 1.54) is 11.0 Å². The van der Waals surface area contributed by atoms with Crippen molar-refractivity contribution in [1.82, 2.24) is 19.7 Å². The van der Waals surface area contributed by atoms with Gasteiger partial charge >= 0.3 is 6.03 Å². The number of carbonyl (C=O) groups is 1. The number of hydrogen-bond acceptors (Lipinski definition) is 5. The van der Waals surface area contributed by atoms with Crippen LogP contribution in [0.25, 0.3) is 11.4 Å². The van der Waals surface area contributed by atoms with Gasteiger partial charge in [-0.05, 0) is 24.3 Å². The molecule has 3 rings (SSSR count). The molecule has 1 amide bonds. The number of hydrogen-bond donors (Lipinski definition) is 0. The molecular weight excluding hydrogens is 272 g/mol. The maximum absolute atomic E-state index is 12.3. The number of nitrogens with zero attached hydrogens (tertiary/aromatic N) is 4. The lowest BCUT2D eigenvalue weighted by Crippen LogP contribution is -2.43. The molecule has 2 aromatic rings. The fourth-order valence-corrected chi connectivity index (χ4v) is 2.13. The van der Waals surface area contributed by atoms with Crippen LogP contribution in [0.5, 0.6) is 5.75 Å². The Morgan fingerprint density at radius 3 is 2.62 bits per heavy atom. The van der Waals surface area contributed by atoms with Crippen LogP contribution in [-0.4, -0.2) is 59.1 Å². The van der Waals surface area contributed by atoms with Crippen molar-refractivity contribution in [2.75, 3.05) is 33.4 Å². The van der Waals surface area contributed by atoms with Crippen LogP contribution in [0.2, 0.25) is 0 Å². The standard InChI is InChI=1S/C14H16N4O3/c1-20-12-4-2-11(3-5-12)13-15-10-18(16-13)14(19)17-6-8-21-9-7-17/h2-5,10H,6-9H2,1H3. The molecule has 0 spiro atoms. The monoisotopic (exact) mass is 288 g/mol. The number of benzene rings is 1. The molecule has 1 aromatic heterocycles. The van der Waals surface area contributed by atoms with Gasteiger partial charge in [0.15, 0.2) is 5.82 Å². The number of carbonyl (C=O) groups excluding carboxylic acids is 1. The first-order chi connectivity index (χ1) is 10.3. The number of rotatable bonds is 2. The van der Waals surface area contributed by atoms with Gasteiger partial charge in [0.2, 0.25) is 0 Å². The molecule has 7 heteroatoms. The van der Waals surface area contributed by atoms with Crippen molar-refractivity contribution in [3.05, 3.63) is 30.6 Å². The zero-order valence-corrected chi connectivity index (χ0v) is 11.7. The van der Waals surface area contributed by atoms with E-state index in [2.05, 4.69) is 10.1 Å². The molecule has 0 N–H and O–H groups in total. The Labute approximate surface area is 122 Å². The molecule has 1 saturated heterocycles. The molecule has 0 atom stereocenters. The van der Waals surface area contributed by atoms with Crippen LogP contribution < -0.4 is 4.74 Å². The molecule has 1 aromatic carbocycles. The van der Waals surface area contributed by atoms with Crippen LogP contribution in [-0.2, 0) is 4.74 Å². The van der Waals surface area contributed by atoms with Crippen LogP contribution >= 0.6 is 0 Å². The van der Waals surface area contributed by atoms with E-state index in [0.29, 0.717) is 32.1 Å². The molecule has 21 heavy (non-hydrogen) atoms. The van der Waals surface area contributed by atoms with Crippen LogP contribution in [0.15, 0.2) is 30.6 Å². The summed E-state index contributed by atoms with van der Waals surface area (Å²) in [4.78, 5) is 18.2. The largest absolute Gasteiger partial charge is 0.497 e. The Bertz CT molecular complexity index is 617. The maximum atomic E-state index is 12.3. The van der Waals surface area contributed by atoms with Gasteiger partial charge in [-0.3, -0.25) is 0 Å². The number of methoxy groups -OCH3 is 1.